The lowest BCUT2D eigenvalue weighted by Gasteiger charge is -2.05. The van der Waals surface area contributed by atoms with Gasteiger partial charge in [0.1, 0.15) is 0 Å². The molecular weight excluding hydrogens is 290 g/mol. The highest BCUT2D eigenvalue weighted by molar-refractivity contribution is 7.80. The molecule has 0 radical (unpaired) electrons. The van der Waals surface area contributed by atoms with Gasteiger partial charge in [-0.3, -0.25) is 13.5 Å². The Bertz CT molecular complexity index is 443. The molecule has 20 heavy (non-hydrogen) atoms. The fourth-order valence-electron chi connectivity index (χ4n) is 0.862. The van der Waals surface area contributed by atoms with Crippen LogP contribution < -0.4 is 0 Å². The van der Waals surface area contributed by atoms with Crippen LogP contribution in [0.2, 0.25) is 0 Å². The van der Waals surface area contributed by atoms with E-state index in [0.717, 1.165) is 20.1 Å². The number of rotatable bonds is 3. The van der Waals surface area contributed by atoms with Gasteiger partial charge in [0.05, 0.1) is 7.11 Å². The van der Waals surface area contributed by atoms with Gasteiger partial charge in [-0.15, -0.1) is 0 Å². The van der Waals surface area contributed by atoms with E-state index in [1.165, 1.54) is 6.92 Å². The van der Waals surface area contributed by atoms with Crippen molar-refractivity contribution < 1.29 is 31.8 Å². The van der Waals surface area contributed by atoms with E-state index in [4.69, 9.17) is 9.66 Å². The molecule has 1 aliphatic rings. The first-order valence-electron chi connectivity index (χ1n) is 5.39. The Balaban J connectivity index is 0. The molecule has 0 aliphatic carbocycles. The van der Waals surface area contributed by atoms with E-state index in [0.29, 0.717) is 6.42 Å². The maximum atomic E-state index is 10.7. The highest BCUT2D eigenvalue weighted by Gasteiger charge is 2.15. The molecule has 1 saturated heterocycles. The number of carboxylic acid groups (broad SMARTS) is 1. The summed E-state index contributed by atoms with van der Waals surface area (Å²) < 4.78 is 29.7. The van der Waals surface area contributed by atoms with E-state index in [1.54, 1.807) is 11.1 Å². The number of aliphatic carboxylic acids is 1. The molecule has 9 heteroatoms. The largest absolute Gasteiger partial charge is 0.478 e. The molecular formula is C11H19NO7S. The van der Waals surface area contributed by atoms with E-state index < -0.39 is 16.4 Å². The molecule has 0 saturated carbocycles. The lowest BCUT2D eigenvalue weighted by molar-refractivity contribution is -0.132. The standard InChI is InChI=1S/C6H9NO.C4H6O2.CH4O4S/c1-2-7-5-3-4-6(7)8;1-3(2)4(5)6;1-5-6(2,3)4/h2H,1,3-5H2;1H2,2H3,(H,5,6);1H3,(H,2,3,4). The van der Waals surface area contributed by atoms with Crippen LogP contribution in [-0.2, 0) is 24.2 Å². The number of carbonyl (C=O) groups excluding carboxylic acids is 1. The summed E-state index contributed by atoms with van der Waals surface area (Å²) in [6, 6.07) is 0. The summed E-state index contributed by atoms with van der Waals surface area (Å²) >= 11 is 0. The van der Waals surface area contributed by atoms with Gasteiger partial charge in [-0.25, -0.2) is 4.79 Å². The second-order valence-electron chi connectivity index (χ2n) is 3.55. The minimum atomic E-state index is -4.16. The van der Waals surface area contributed by atoms with Crippen molar-refractivity contribution >= 4 is 22.3 Å². The van der Waals surface area contributed by atoms with Crippen LogP contribution in [0.1, 0.15) is 19.8 Å². The zero-order valence-corrected chi connectivity index (χ0v) is 12.2. The Morgan fingerprint density at radius 1 is 1.50 bits per heavy atom. The fourth-order valence-corrected chi connectivity index (χ4v) is 0.862. The maximum Gasteiger partial charge on any atom is 0.397 e. The number of likely N-dealkylation sites (tertiary alicyclic amines) is 1. The van der Waals surface area contributed by atoms with Crippen LogP contribution >= 0.6 is 0 Å². The molecule has 0 atom stereocenters. The van der Waals surface area contributed by atoms with Crippen LogP contribution in [0.25, 0.3) is 0 Å². The highest BCUT2D eigenvalue weighted by Crippen LogP contribution is 2.08. The summed E-state index contributed by atoms with van der Waals surface area (Å²) in [7, 11) is -3.29. The van der Waals surface area contributed by atoms with Crippen LogP contribution in [0.15, 0.2) is 24.9 Å². The van der Waals surface area contributed by atoms with Crippen LogP contribution in [0.3, 0.4) is 0 Å². The average molecular weight is 309 g/mol. The van der Waals surface area contributed by atoms with Crippen LogP contribution in [-0.4, -0.2) is 48.5 Å². The van der Waals surface area contributed by atoms with Crippen molar-refractivity contribution in [2.24, 2.45) is 0 Å². The summed E-state index contributed by atoms with van der Waals surface area (Å²) in [5.41, 5.74) is 0.176. The van der Waals surface area contributed by atoms with Gasteiger partial charge >= 0.3 is 16.4 Å². The summed E-state index contributed by atoms with van der Waals surface area (Å²) in [4.78, 5) is 21.9. The maximum absolute atomic E-state index is 10.7. The first-order valence-corrected chi connectivity index (χ1v) is 6.75. The number of hydrogen-bond acceptors (Lipinski definition) is 5. The molecule has 0 spiro atoms. The second-order valence-corrected chi connectivity index (χ2v) is 4.74. The zero-order chi connectivity index (χ0) is 16.3. The minimum Gasteiger partial charge on any atom is -0.478 e. The average Bonchev–Trinajstić information content (AvgIpc) is 2.75. The normalized spacial score (nSPS) is 13.6. The van der Waals surface area contributed by atoms with Gasteiger partial charge in [0.15, 0.2) is 0 Å². The Morgan fingerprint density at radius 3 is 2.00 bits per heavy atom. The number of amides is 1. The predicted octanol–water partition coefficient (Wildman–Crippen LogP) is 0.835. The summed E-state index contributed by atoms with van der Waals surface area (Å²) in [6.45, 7) is 8.96. The third-order valence-corrected chi connectivity index (χ3v) is 2.33. The molecule has 0 aromatic heterocycles. The third kappa shape index (κ3) is 12.7. The molecule has 0 unspecified atom stereocenters. The van der Waals surface area contributed by atoms with Crippen molar-refractivity contribution in [2.75, 3.05) is 13.7 Å². The SMILES string of the molecule is C=C(C)C(=O)O.C=CN1CCCC1=O.COS(=O)(=O)O. The zero-order valence-electron chi connectivity index (χ0n) is 11.4. The van der Waals surface area contributed by atoms with Gasteiger partial charge in [0.25, 0.3) is 0 Å². The van der Waals surface area contributed by atoms with Gasteiger partial charge in [-0.2, -0.15) is 8.42 Å². The van der Waals surface area contributed by atoms with Gasteiger partial charge < -0.3 is 10.0 Å². The van der Waals surface area contributed by atoms with Crippen LogP contribution in [0.5, 0.6) is 0 Å². The quantitative estimate of drug-likeness (QED) is 0.585. The molecule has 116 valence electrons. The lowest BCUT2D eigenvalue weighted by Crippen LogP contribution is -2.16. The predicted molar refractivity (Wildman–Crippen MR) is 72.2 cm³/mol. The Hall–Kier alpha value is -1.71. The molecule has 0 aromatic carbocycles. The number of nitrogens with zero attached hydrogens (tertiary/aromatic N) is 1. The molecule has 2 N–H and O–H groups in total. The third-order valence-electron chi connectivity index (χ3n) is 1.91. The van der Waals surface area contributed by atoms with E-state index in [1.807, 2.05) is 0 Å². The Kier molecular flexibility index (Phi) is 10.4. The minimum absolute atomic E-state index is 0.176. The van der Waals surface area contributed by atoms with E-state index in [9.17, 15) is 18.0 Å². The molecule has 1 amide bonds. The van der Waals surface area contributed by atoms with Gasteiger partial charge in [0, 0.05) is 18.5 Å². The smallest absolute Gasteiger partial charge is 0.397 e. The van der Waals surface area contributed by atoms with E-state index >= 15 is 0 Å². The van der Waals surface area contributed by atoms with Crippen molar-refractivity contribution in [2.45, 2.75) is 19.8 Å². The number of carbonyl (C=O) groups is 2. The van der Waals surface area contributed by atoms with Crippen molar-refractivity contribution in [1.29, 1.82) is 0 Å². The molecule has 0 bridgehead atoms. The molecule has 8 nitrogen and oxygen atoms in total. The van der Waals surface area contributed by atoms with Crippen LogP contribution in [0, 0.1) is 0 Å². The summed E-state index contributed by atoms with van der Waals surface area (Å²) in [5.74, 6) is -0.727. The Labute approximate surface area is 118 Å². The lowest BCUT2D eigenvalue weighted by atomic mass is 10.4. The molecule has 1 aliphatic heterocycles. The molecule has 1 rings (SSSR count). The second kappa shape index (κ2) is 10.1. The van der Waals surface area contributed by atoms with Gasteiger partial charge in [-0.1, -0.05) is 13.2 Å². The van der Waals surface area contributed by atoms with Crippen molar-refractivity contribution in [3.8, 4) is 0 Å². The van der Waals surface area contributed by atoms with Crippen LogP contribution in [0.4, 0.5) is 0 Å². The number of hydrogen-bond donors (Lipinski definition) is 2. The molecule has 1 fully saturated rings. The highest BCUT2D eigenvalue weighted by atomic mass is 32.3. The first kappa shape index (κ1) is 20.6. The first-order chi connectivity index (χ1) is 9.05. The Morgan fingerprint density at radius 2 is 1.90 bits per heavy atom. The van der Waals surface area contributed by atoms with Crippen molar-refractivity contribution in [3.63, 3.8) is 0 Å². The van der Waals surface area contributed by atoms with Crippen molar-refractivity contribution in [1.82, 2.24) is 4.90 Å². The number of carboxylic acids is 1. The molecule has 1 heterocycles. The molecule has 0 aromatic rings. The monoisotopic (exact) mass is 309 g/mol. The topological polar surface area (TPSA) is 121 Å². The van der Waals surface area contributed by atoms with E-state index in [-0.39, 0.29) is 11.5 Å². The summed E-state index contributed by atoms with van der Waals surface area (Å²) in [6.07, 6.45) is 3.28. The summed E-state index contributed by atoms with van der Waals surface area (Å²) in [5, 5.41) is 7.89. The van der Waals surface area contributed by atoms with Gasteiger partial charge in [-0.05, 0) is 19.5 Å². The van der Waals surface area contributed by atoms with Gasteiger partial charge in [0.2, 0.25) is 5.91 Å². The van der Waals surface area contributed by atoms with Crippen molar-refractivity contribution in [3.05, 3.63) is 24.9 Å². The van der Waals surface area contributed by atoms with E-state index in [2.05, 4.69) is 17.3 Å². The fraction of sp³-hybridized carbons (Fsp3) is 0.455.